The van der Waals surface area contributed by atoms with Crippen molar-refractivity contribution >= 4 is 30.0 Å². The summed E-state index contributed by atoms with van der Waals surface area (Å²) in [5, 5.41) is 15.5. The van der Waals surface area contributed by atoms with Crippen molar-refractivity contribution in [2.75, 3.05) is 59.7 Å². The maximum Gasteiger partial charge on any atom is 0.389 e. The van der Waals surface area contributed by atoms with Crippen LogP contribution >= 0.6 is 18.2 Å². The van der Waals surface area contributed by atoms with Crippen LogP contribution in [0.3, 0.4) is 0 Å². The number of likely N-dealkylation sites (N-methyl/N-ethyl adjacent to an activating group) is 1. The molecule has 0 aliphatic carbocycles. The molecule has 0 aromatic carbocycles. The molecule has 1 unspecified atom stereocenters. The zero-order valence-corrected chi connectivity index (χ0v) is 18.5. The first kappa shape index (κ1) is 24.4. The molecule has 3 N–H and O–H groups in total. The largest absolute Gasteiger partial charge is 0.389 e. The van der Waals surface area contributed by atoms with Gasteiger partial charge in [0.25, 0.3) is 0 Å². The fourth-order valence-corrected chi connectivity index (χ4v) is 5.26. The molecule has 0 spiro atoms. The molecule has 1 saturated heterocycles. The minimum absolute atomic E-state index is 0.109. The number of carbonyl (C=O) groups is 2. The summed E-state index contributed by atoms with van der Waals surface area (Å²) in [7, 11) is 5.98. The summed E-state index contributed by atoms with van der Waals surface area (Å²) in [6.07, 6.45) is -1.26. The van der Waals surface area contributed by atoms with Gasteiger partial charge in [-0.2, -0.15) is 0 Å². The number of hydrogen-bond donors (Lipinski definition) is 3. The molecule has 158 valence electrons. The molecular weight excluding hydrogens is 393 g/mol. The Kier molecular flexibility index (Phi) is 9.24. The lowest BCUT2D eigenvalue weighted by Gasteiger charge is -2.31. The fourth-order valence-electron chi connectivity index (χ4n) is 2.05. The first-order chi connectivity index (χ1) is 12.3. The molecule has 0 aromatic rings. The average molecular weight is 426 g/mol. The fraction of sp³-hybridized carbons (Fsp3) is 0.875. The van der Waals surface area contributed by atoms with Crippen LogP contribution in [0.4, 0.5) is 0 Å². The summed E-state index contributed by atoms with van der Waals surface area (Å²) in [5.74, 6) is -0.465. The number of aliphatic hydroxyl groups excluding tert-OH is 1. The van der Waals surface area contributed by atoms with Crippen molar-refractivity contribution in [1.82, 2.24) is 10.6 Å². The molecule has 1 aliphatic heterocycles. The molecule has 0 saturated carbocycles. The van der Waals surface area contributed by atoms with Crippen LogP contribution in [-0.4, -0.2) is 87.3 Å². The molecule has 2 amide bonds. The van der Waals surface area contributed by atoms with Gasteiger partial charge in [-0.05, 0) is 11.4 Å². The van der Waals surface area contributed by atoms with E-state index in [1.54, 1.807) is 13.8 Å². The molecule has 1 heterocycles. The van der Waals surface area contributed by atoms with Crippen LogP contribution in [-0.2, 0) is 23.2 Å². The van der Waals surface area contributed by atoms with Gasteiger partial charge in [-0.1, -0.05) is 13.8 Å². The van der Waals surface area contributed by atoms with Gasteiger partial charge in [0.05, 0.1) is 27.7 Å². The molecule has 27 heavy (non-hydrogen) atoms. The van der Waals surface area contributed by atoms with Crippen LogP contribution in [0.5, 0.6) is 0 Å². The Balaban J connectivity index is 2.86. The van der Waals surface area contributed by atoms with Crippen LogP contribution in [0.25, 0.3) is 0 Å². The predicted octanol–water partition coefficient (Wildman–Crippen LogP) is 0.590. The minimum Gasteiger partial charge on any atom is -0.383 e. The average Bonchev–Trinajstić information content (AvgIpc) is 2.54. The third-order valence-corrected chi connectivity index (χ3v) is 7.70. The van der Waals surface area contributed by atoms with E-state index in [-0.39, 0.29) is 32.1 Å². The Labute approximate surface area is 165 Å². The minimum atomic E-state index is -3.51. The molecular formula is C16H33N3O6PS+. The number of nitrogens with zero attached hydrogens (tertiary/aromatic N) is 1. The van der Waals surface area contributed by atoms with E-state index < -0.39 is 24.2 Å². The number of hydrogen-bond acceptors (Lipinski definition) is 7. The van der Waals surface area contributed by atoms with E-state index in [1.807, 2.05) is 21.1 Å². The maximum absolute atomic E-state index is 13.1. The third kappa shape index (κ3) is 9.40. The topological polar surface area (TPSA) is 114 Å². The number of amides is 2. The zero-order valence-electron chi connectivity index (χ0n) is 16.8. The summed E-state index contributed by atoms with van der Waals surface area (Å²) in [5.41, 5.74) is -0.976. The second-order valence-corrected chi connectivity index (χ2v) is 12.4. The molecule has 11 heteroatoms. The van der Waals surface area contributed by atoms with Crippen LogP contribution in [0.1, 0.15) is 20.3 Å². The normalized spacial score (nSPS) is 28.7. The van der Waals surface area contributed by atoms with Gasteiger partial charge >= 0.3 is 6.80 Å². The van der Waals surface area contributed by atoms with Crippen LogP contribution in [0.2, 0.25) is 0 Å². The summed E-state index contributed by atoms with van der Waals surface area (Å²) >= 11 is 1.01. The second kappa shape index (κ2) is 10.2. The monoisotopic (exact) mass is 426 g/mol. The number of quaternary nitrogens is 1. The van der Waals surface area contributed by atoms with Gasteiger partial charge in [0.1, 0.15) is 19.3 Å². The second-order valence-electron chi connectivity index (χ2n) is 8.18. The molecule has 0 bridgehead atoms. The Hall–Kier alpha value is -0.640. The Morgan fingerprint density at radius 2 is 1.96 bits per heavy atom. The van der Waals surface area contributed by atoms with Gasteiger partial charge in [-0.25, -0.2) is 4.57 Å². The molecule has 1 aliphatic rings. The number of rotatable bonds is 4. The molecule has 1 rings (SSSR count). The van der Waals surface area contributed by atoms with Gasteiger partial charge in [0.2, 0.25) is 11.8 Å². The number of nitrogens with one attached hydrogen (secondary N) is 2. The molecule has 1 fully saturated rings. The summed E-state index contributed by atoms with van der Waals surface area (Å²) in [6.45, 7) is 1.01. The van der Waals surface area contributed by atoms with E-state index in [1.165, 1.54) is 0 Å². The zero-order chi connectivity index (χ0) is 20.7. The summed E-state index contributed by atoms with van der Waals surface area (Å²) in [6, 6.07) is 0. The molecule has 9 nitrogen and oxygen atoms in total. The SMILES string of the molecule is CC1(C)COP(=O)(OCC[N+](C)(C)C)SCCNC(=O)CCNC(=O)[C@@H]1O. The highest BCUT2D eigenvalue weighted by molar-refractivity contribution is 8.55. The highest BCUT2D eigenvalue weighted by Crippen LogP contribution is 2.61. The van der Waals surface area contributed by atoms with E-state index in [2.05, 4.69) is 10.6 Å². The van der Waals surface area contributed by atoms with Crippen molar-refractivity contribution in [3.8, 4) is 0 Å². The highest BCUT2D eigenvalue weighted by atomic mass is 32.7. The van der Waals surface area contributed by atoms with Crippen molar-refractivity contribution < 1.29 is 32.8 Å². The van der Waals surface area contributed by atoms with Crippen molar-refractivity contribution in [2.45, 2.75) is 26.4 Å². The third-order valence-electron chi connectivity index (χ3n) is 3.92. The summed E-state index contributed by atoms with van der Waals surface area (Å²) < 4.78 is 24.9. The van der Waals surface area contributed by atoms with E-state index >= 15 is 0 Å². The maximum atomic E-state index is 13.1. The van der Waals surface area contributed by atoms with Crippen molar-refractivity contribution in [1.29, 1.82) is 0 Å². The Bertz CT molecular complexity index is 567. The van der Waals surface area contributed by atoms with Gasteiger partial charge in [0.15, 0.2) is 0 Å². The van der Waals surface area contributed by atoms with E-state index in [4.69, 9.17) is 9.05 Å². The first-order valence-electron chi connectivity index (χ1n) is 8.91. The highest BCUT2D eigenvalue weighted by Gasteiger charge is 2.37. The molecule has 2 atom stereocenters. The Morgan fingerprint density at radius 3 is 2.59 bits per heavy atom. The first-order valence-corrected chi connectivity index (χ1v) is 12.0. The summed E-state index contributed by atoms with van der Waals surface area (Å²) in [4.78, 5) is 23.8. The van der Waals surface area contributed by atoms with Gasteiger partial charge in [-0.15, -0.1) is 0 Å². The van der Waals surface area contributed by atoms with Gasteiger partial charge in [0, 0.05) is 30.7 Å². The molecule has 0 radical (unpaired) electrons. The number of aliphatic hydroxyl groups is 1. The smallest absolute Gasteiger partial charge is 0.383 e. The van der Waals surface area contributed by atoms with E-state index in [9.17, 15) is 19.3 Å². The number of carbonyl (C=O) groups excluding carboxylic acids is 2. The van der Waals surface area contributed by atoms with Crippen LogP contribution in [0, 0.1) is 5.41 Å². The lowest BCUT2D eigenvalue weighted by Crippen LogP contribution is -2.46. The van der Waals surface area contributed by atoms with Crippen molar-refractivity contribution in [3.63, 3.8) is 0 Å². The van der Waals surface area contributed by atoms with Crippen molar-refractivity contribution in [3.05, 3.63) is 0 Å². The van der Waals surface area contributed by atoms with E-state index in [0.717, 1.165) is 11.4 Å². The van der Waals surface area contributed by atoms with Crippen molar-refractivity contribution in [2.24, 2.45) is 5.41 Å². The van der Waals surface area contributed by atoms with Gasteiger partial charge in [-0.3, -0.25) is 14.1 Å². The lowest BCUT2D eigenvalue weighted by molar-refractivity contribution is -0.870. The predicted molar refractivity (Wildman–Crippen MR) is 105 cm³/mol. The standard InChI is InChI=1S/C16H32N3O6PS/c1-16(2)12-25-26(23,24-10-9-19(3,4)5)27-11-8-17-13(20)6-7-18-15(22)14(16)21/h14,21H,6-12H2,1-5H3,(H-,17,18,20,22)/p+1/t14-,26?/m0/s1. The van der Waals surface area contributed by atoms with E-state index in [0.29, 0.717) is 23.3 Å². The Morgan fingerprint density at radius 1 is 1.30 bits per heavy atom. The van der Waals surface area contributed by atoms with Crippen LogP contribution in [0.15, 0.2) is 0 Å². The molecule has 0 aromatic heterocycles. The van der Waals surface area contributed by atoms with Crippen LogP contribution < -0.4 is 10.6 Å². The van der Waals surface area contributed by atoms with Gasteiger partial charge < -0.3 is 24.7 Å². The lowest BCUT2D eigenvalue weighted by atomic mass is 9.87. The quantitative estimate of drug-likeness (QED) is 0.445.